The fraction of sp³-hybridized carbons (Fsp3) is 0.800. The van der Waals surface area contributed by atoms with Crippen molar-refractivity contribution in [3.63, 3.8) is 0 Å². The summed E-state index contributed by atoms with van der Waals surface area (Å²) >= 11 is 0. The molecule has 0 aliphatic carbocycles. The van der Waals surface area contributed by atoms with Gasteiger partial charge in [-0.2, -0.15) is 5.26 Å². The fourth-order valence-corrected chi connectivity index (χ4v) is 0.508. The van der Waals surface area contributed by atoms with Crippen molar-refractivity contribution in [1.29, 1.82) is 5.26 Å². The predicted molar refractivity (Wildman–Crippen MR) is 38.5 cm³/mol. The van der Waals surface area contributed by atoms with Crippen molar-refractivity contribution in [3.05, 3.63) is 10.4 Å². The third-order valence-corrected chi connectivity index (χ3v) is 0.986. The summed E-state index contributed by atoms with van der Waals surface area (Å²) in [5.41, 5.74) is 7.91. The van der Waals surface area contributed by atoms with Gasteiger partial charge in [0.1, 0.15) is 6.04 Å². The number of nitrogens with zero attached hydrogens (tertiary/aromatic N) is 4. The molecule has 60 valence electrons. The maximum atomic E-state index is 8.40. The molecule has 6 heteroatoms. The lowest BCUT2D eigenvalue weighted by atomic mass is 10.3. The highest BCUT2D eigenvalue weighted by Crippen LogP contribution is 1.82. The van der Waals surface area contributed by atoms with E-state index in [1.54, 1.807) is 0 Å². The van der Waals surface area contributed by atoms with Crippen molar-refractivity contribution in [2.75, 3.05) is 19.7 Å². The van der Waals surface area contributed by atoms with E-state index in [9.17, 15) is 0 Å². The molecule has 0 saturated carbocycles. The van der Waals surface area contributed by atoms with Gasteiger partial charge in [-0.3, -0.25) is 5.32 Å². The van der Waals surface area contributed by atoms with E-state index in [4.69, 9.17) is 15.9 Å². The Balaban J connectivity index is 3.60. The molecule has 0 aromatic carbocycles. The first kappa shape index (κ1) is 9.72. The summed E-state index contributed by atoms with van der Waals surface area (Å²) in [6, 6.07) is 1.38. The van der Waals surface area contributed by atoms with Crippen LogP contribution in [-0.2, 0) is 0 Å². The number of hydrogen-bond acceptors (Lipinski definition) is 4. The van der Waals surface area contributed by atoms with Gasteiger partial charge in [0, 0.05) is 11.5 Å². The van der Waals surface area contributed by atoms with Crippen LogP contribution in [0.15, 0.2) is 5.11 Å². The molecule has 11 heavy (non-hydrogen) atoms. The largest absolute Gasteiger partial charge is 0.395 e. The first-order chi connectivity index (χ1) is 5.35. The number of aliphatic hydroxyl groups is 1. The molecule has 0 radical (unpaired) electrons. The summed E-state index contributed by atoms with van der Waals surface area (Å²) in [5.74, 6) is 0. The lowest BCUT2D eigenvalue weighted by Crippen LogP contribution is -2.32. The first-order valence-corrected chi connectivity index (χ1v) is 3.10. The molecule has 0 amide bonds. The third kappa shape index (κ3) is 5.18. The number of aliphatic hydroxyl groups excluding tert-OH is 1. The minimum atomic E-state index is -0.502. The summed E-state index contributed by atoms with van der Waals surface area (Å²) in [6.07, 6.45) is 0. The molecular weight excluding hydrogens is 146 g/mol. The average molecular weight is 155 g/mol. The van der Waals surface area contributed by atoms with Crippen molar-refractivity contribution in [2.24, 2.45) is 5.11 Å². The quantitative estimate of drug-likeness (QED) is 0.325. The van der Waals surface area contributed by atoms with Gasteiger partial charge in [0.25, 0.3) is 0 Å². The fourth-order valence-electron chi connectivity index (χ4n) is 0.508. The van der Waals surface area contributed by atoms with Gasteiger partial charge in [-0.05, 0) is 5.53 Å². The second-order valence-electron chi connectivity index (χ2n) is 1.77. The Morgan fingerprint density at radius 1 is 1.82 bits per heavy atom. The van der Waals surface area contributed by atoms with Crippen LogP contribution in [0.3, 0.4) is 0 Å². The molecule has 0 bridgehead atoms. The van der Waals surface area contributed by atoms with E-state index in [1.807, 2.05) is 6.07 Å². The van der Waals surface area contributed by atoms with Gasteiger partial charge in [0.05, 0.1) is 19.2 Å². The predicted octanol–water partition coefficient (Wildman–Crippen LogP) is -0.229. The Labute approximate surface area is 64.1 Å². The van der Waals surface area contributed by atoms with E-state index in [0.29, 0.717) is 6.54 Å². The van der Waals surface area contributed by atoms with E-state index >= 15 is 0 Å². The summed E-state index contributed by atoms with van der Waals surface area (Å²) in [4.78, 5) is 2.50. The Morgan fingerprint density at radius 2 is 2.55 bits per heavy atom. The molecule has 0 saturated heterocycles. The maximum Gasteiger partial charge on any atom is 0.101 e. The van der Waals surface area contributed by atoms with Crippen molar-refractivity contribution >= 4 is 0 Å². The standard InChI is InChI=1S/C5H9N5O/c6-3-5(4-9-10-7)8-1-2-11/h5,8,11H,1-2,4H2. The first-order valence-electron chi connectivity index (χ1n) is 3.10. The number of azide groups is 1. The van der Waals surface area contributed by atoms with Crippen LogP contribution in [0.5, 0.6) is 0 Å². The molecule has 6 nitrogen and oxygen atoms in total. The summed E-state index contributed by atoms with van der Waals surface area (Å²) in [7, 11) is 0. The highest BCUT2D eigenvalue weighted by Gasteiger charge is 2.02. The van der Waals surface area contributed by atoms with Crippen LogP contribution in [0.2, 0.25) is 0 Å². The minimum absolute atomic E-state index is 0.0333. The van der Waals surface area contributed by atoms with Gasteiger partial charge < -0.3 is 5.11 Å². The van der Waals surface area contributed by atoms with Crippen LogP contribution >= 0.6 is 0 Å². The van der Waals surface area contributed by atoms with Crippen molar-refractivity contribution in [3.8, 4) is 6.07 Å². The molecule has 0 heterocycles. The molecule has 1 unspecified atom stereocenters. The number of nitrogens with one attached hydrogen (secondary N) is 1. The molecule has 1 atom stereocenters. The molecule has 0 aromatic rings. The number of hydrogen-bond donors (Lipinski definition) is 2. The Kier molecular flexibility index (Phi) is 6.04. The zero-order valence-electron chi connectivity index (χ0n) is 5.93. The van der Waals surface area contributed by atoms with E-state index in [1.165, 1.54) is 0 Å². The molecule has 0 aliphatic heterocycles. The molecule has 0 aliphatic rings. The molecular formula is C5H9N5O. The van der Waals surface area contributed by atoms with Gasteiger partial charge in [0.2, 0.25) is 0 Å². The molecule has 0 rings (SSSR count). The average Bonchev–Trinajstić information content (AvgIpc) is 2.05. The summed E-state index contributed by atoms with van der Waals surface area (Å²) < 4.78 is 0. The Hall–Kier alpha value is -1.28. The minimum Gasteiger partial charge on any atom is -0.395 e. The van der Waals surface area contributed by atoms with E-state index in [2.05, 4.69) is 15.3 Å². The van der Waals surface area contributed by atoms with Crippen LogP contribution in [0.4, 0.5) is 0 Å². The monoisotopic (exact) mass is 155 g/mol. The number of nitriles is 1. The molecule has 0 fully saturated rings. The van der Waals surface area contributed by atoms with E-state index in [0.717, 1.165) is 0 Å². The second-order valence-corrected chi connectivity index (χ2v) is 1.77. The van der Waals surface area contributed by atoms with Crippen LogP contribution in [0.25, 0.3) is 10.4 Å². The van der Waals surface area contributed by atoms with Crippen LogP contribution in [0.1, 0.15) is 0 Å². The topological polar surface area (TPSA) is 105 Å². The molecule has 2 N–H and O–H groups in total. The zero-order valence-corrected chi connectivity index (χ0v) is 5.93. The number of rotatable bonds is 5. The van der Waals surface area contributed by atoms with E-state index in [-0.39, 0.29) is 13.2 Å². The van der Waals surface area contributed by atoms with Crippen molar-refractivity contribution < 1.29 is 5.11 Å². The third-order valence-electron chi connectivity index (χ3n) is 0.986. The van der Waals surface area contributed by atoms with Gasteiger partial charge in [-0.25, -0.2) is 0 Å². The van der Waals surface area contributed by atoms with E-state index < -0.39 is 6.04 Å². The zero-order chi connectivity index (χ0) is 8.53. The van der Waals surface area contributed by atoms with Gasteiger partial charge >= 0.3 is 0 Å². The smallest absolute Gasteiger partial charge is 0.101 e. The SMILES string of the molecule is N#CC(CN=[N+]=[N-])NCCO. The Morgan fingerprint density at radius 3 is 3.00 bits per heavy atom. The van der Waals surface area contributed by atoms with Crippen molar-refractivity contribution in [1.82, 2.24) is 5.32 Å². The van der Waals surface area contributed by atoms with Gasteiger partial charge in [-0.15, -0.1) is 0 Å². The molecule has 0 aromatic heterocycles. The lowest BCUT2D eigenvalue weighted by Gasteiger charge is -2.05. The van der Waals surface area contributed by atoms with Crippen LogP contribution in [0, 0.1) is 11.3 Å². The summed E-state index contributed by atoms with van der Waals surface area (Å²) in [5, 5.41) is 22.7. The van der Waals surface area contributed by atoms with Crippen molar-refractivity contribution in [2.45, 2.75) is 6.04 Å². The Bertz CT molecular complexity index is 180. The van der Waals surface area contributed by atoms with Gasteiger partial charge in [0.15, 0.2) is 0 Å². The van der Waals surface area contributed by atoms with Gasteiger partial charge in [-0.1, -0.05) is 5.11 Å². The summed E-state index contributed by atoms with van der Waals surface area (Å²) in [6.45, 7) is 0.390. The van der Waals surface area contributed by atoms with Crippen LogP contribution < -0.4 is 5.32 Å². The second kappa shape index (κ2) is 6.83. The highest BCUT2D eigenvalue weighted by molar-refractivity contribution is 4.91. The lowest BCUT2D eigenvalue weighted by molar-refractivity contribution is 0.289. The normalized spacial score (nSPS) is 11.3. The molecule has 0 spiro atoms. The van der Waals surface area contributed by atoms with Crippen LogP contribution in [-0.4, -0.2) is 30.8 Å². The highest BCUT2D eigenvalue weighted by atomic mass is 16.3. The maximum absolute atomic E-state index is 8.40.